The Morgan fingerprint density at radius 2 is 1.61 bits per heavy atom. The van der Waals surface area contributed by atoms with Gasteiger partial charge in [0.05, 0.1) is 27.2 Å². The van der Waals surface area contributed by atoms with Gasteiger partial charge in [0.25, 0.3) is 0 Å². The van der Waals surface area contributed by atoms with Gasteiger partial charge < -0.3 is 34.3 Å². The minimum Gasteiger partial charge on any atom is -0.504 e. The molecular weight excluding hydrogens is 564 g/mol. The van der Waals surface area contributed by atoms with Crippen LogP contribution in [0.1, 0.15) is 59.9 Å². The first-order chi connectivity index (χ1) is 21.2. The van der Waals surface area contributed by atoms with E-state index in [4.69, 9.17) is 18.9 Å². The van der Waals surface area contributed by atoms with Crippen LogP contribution in [0.3, 0.4) is 0 Å². The molecular formula is C35H38O9. The normalized spacial score (nSPS) is 18.3. The quantitative estimate of drug-likeness (QED) is 0.247. The number of aliphatic hydroxyl groups excluding tert-OH is 1. The zero-order valence-electron chi connectivity index (χ0n) is 25.2. The van der Waals surface area contributed by atoms with Crippen molar-refractivity contribution in [3.05, 3.63) is 82.4 Å². The molecule has 0 radical (unpaired) electrons. The molecule has 4 rings (SSSR count). The van der Waals surface area contributed by atoms with Gasteiger partial charge in [-0.3, -0.25) is 9.59 Å². The third-order valence-corrected chi connectivity index (χ3v) is 7.58. The molecule has 0 saturated heterocycles. The monoisotopic (exact) mass is 602 g/mol. The second kappa shape index (κ2) is 15.2. The highest BCUT2D eigenvalue weighted by Gasteiger charge is 2.27. The lowest BCUT2D eigenvalue weighted by molar-refractivity contribution is -0.154. The summed E-state index contributed by atoms with van der Waals surface area (Å²) in [5, 5.41) is 30.1. The standard InChI is InChI=1S/C35H38O9/c1-22(37)43-29-12-10-27-19-34(42-3)32(39)17-26(27)9-5-8-25(28-11-13-31(38)33(18-28)41-2)16-30(20-29)44-35(40)15-23-6-4-7-24(14-23)21-36/h4,6-7,11,13-14,17-19,25,29-30,36,38-39H,9-10,12,15-16,20-21H2,1-3H3. The third-order valence-electron chi connectivity index (χ3n) is 7.58. The Morgan fingerprint density at radius 3 is 2.34 bits per heavy atom. The van der Waals surface area contributed by atoms with Crippen molar-refractivity contribution in [1.82, 2.24) is 0 Å². The number of aliphatic hydroxyl groups is 1. The first kappa shape index (κ1) is 32.2. The molecule has 9 heteroatoms. The largest absolute Gasteiger partial charge is 0.504 e. The molecule has 0 fully saturated rings. The van der Waals surface area contributed by atoms with E-state index in [-0.39, 0.29) is 36.7 Å². The Morgan fingerprint density at radius 1 is 0.864 bits per heavy atom. The third kappa shape index (κ3) is 8.68. The second-order valence-electron chi connectivity index (χ2n) is 10.8. The molecule has 0 saturated carbocycles. The Labute approximate surface area is 257 Å². The van der Waals surface area contributed by atoms with Crippen molar-refractivity contribution in [3.8, 4) is 34.8 Å². The predicted molar refractivity (Wildman–Crippen MR) is 163 cm³/mol. The predicted octanol–water partition coefficient (Wildman–Crippen LogP) is 4.75. The van der Waals surface area contributed by atoms with Crippen LogP contribution in [-0.4, -0.2) is 53.7 Å². The zero-order chi connectivity index (χ0) is 31.6. The molecule has 0 spiro atoms. The molecule has 0 heterocycles. The summed E-state index contributed by atoms with van der Waals surface area (Å²) in [6, 6.07) is 15.5. The number of rotatable bonds is 8. The zero-order valence-corrected chi connectivity index (χ0v) is 25.2. The lowest BCUT2D eigenvalue weighted by Gasteiger charge is -2.27. The fourth-order valence-corrected chi connectivity index (χ4v) is 5.43. The van der Waals surface area contributed by atoms with Gasteiger partial charge >= 0.3 is 11.9 Å². The molecule has 3 unspecified atom stereocenters. The Balaban J connectivity index is 1.72. The number of esters is 2. The second-order valence-corrected chi connectivity index (χ2v) is 10.8. The lowest BCUT2D eigenvalue weighted by Crippen LogP contribution is -2.29. The summed E-state index contributed by atoms with van der Waals surface area (Å²) in [6.07, 6.45) is 0.586. The van der Waals surface area contributed by atoms with Gasteiger partial charge in [-0.25, -0.2) is 0 Å². The van der Waals surface area contributed by atoms with E-state index in [1.807, 2.05) is 0 Å². The van der Waals surface area contributed by atoms with Crippen molar-refractivity contribution in [3.63, 3.8) is 0 Å². The highest BCUT2D eigenvalue weighted by molar-refractivity contribution is 5.73. The van der Waals surface area contributed by atoms with E-state index in [1.165, 1.54) is 27.2 Å². The van der Waals surface area contributed by atoms with Crippen LogP contribution in [0.5, 0.6) is 23.0 Å². The summed E-state index contributed by atoms with van der Waals surface area (Å²) in [5.74, 6) is 5.82. The number of benzene rings is 3. The van der Waals surface area contributed by atoms with Crippen LogP contribution < -0.4 is 9.47 Å². The van der Waals surface area contributed by atoms with E-state index in [2.05, 4.69) is 11.8 Å². The minimum absolute atomic E-state index is 0.00259. The molecule has 232 valence electrons. The minimum atomic E-state index is -0.666. The van der Waals surface area contributed by atoms with Gasteiger partial charge in [0.1, 0.15) is 12.2 Å². The number of methoxy groups -OCH3 is 2. The van der Waals surface area contributed by atoms with E-state index in [1.54, 1.807) is 48.5 Å². The number of aromatic hydroxyl groups is 2. The van der Waals surface area contributed by atoms with E-state index < -0.39 is 30.1 Å². The molecule has 3 atom stereocenters. The summed E-state index contributed by atoms with van der Waals surface area (Å²) in [5.41, 5.74) is 3.88. The van der Waals surface area contributed by atoms with Crippen LogP contribution in [0.25, 0.3) is 0 Å². The molecule has 0 amide bonds. The molecule has 9 nitrogen and oxygen atoms in total. The smallest absolute Gasteiger partial charge is 0.310 e. The maximum Gasteiger partial charge on any atom is 0.310 e. The highest BCUT2D eigenvalue weighted by Crippen LogP contribution is 2.34. The van der Waals surface area contributed by atoms with Crippen molar-refractivity contribution in [2.45, 2.75) is 70.2 Å². The Kier molecular flexibility index (Phi) is 11.1. The van der Waals surface area contributed by atoms with Gasteiger partial charge in [-0.05, 0) is 64.9 Å². The van der Waals surface area contributed by atoms with Crippen molar-refractivity contribution < 1.29 is 43.9 Å². The molecule has 3 aromatic carbocycles. The van der Waals surface area contributed by atoms with Crippen LogP contribution in [-0.2, 0) is 44.9 Å². The van der Waals surface area contributed by atoms with Gasteiger partial charge in [-0.15, -0.1) is 0 Å². The molecule has 1 aliphatic carbocycles. The first-order valence-corrected chi connectivity index (χ1v) is 14.5. The molecule has 0 aromatic heterocycles. The summed E-state index contributed by atoms with van der Waals surface area (Å²) < 4.78 is 22.4. The summed E-state index contributed by atoms with van der Waals surface area (Å²) in [7, 11) is 2.94. The number of carbonyl (C=O) groups excluding carboxylic acids is 2. The Bertz CT molecular complexity index is 1530. The summed E-state index contributed by atoms with van der Waals surface area (Å²) in [6.45, 7) is 1.21. The average Bonchev–Trinajstić information content (AvgIpc) is 2.99. The number of carbonyl (C=O) groups is 2. The number of fused-ring (bicyclic) bond motifs is 1. The van der Waals surface area contributed by atoms with Crippen molar-refractivity contribution in [1.29, 1.82) is 0 Å². The van der Waals surface area contributed by atoms with Gasteiger partial charge in [-0.2, -0.15) is 0 Å². The van der Waals surface area contributed by atoms with Crippen molar-refractivity contribution >= 4 is 11.9 Å². The SMILES string of the molecule is COc1cc(C2C#CCc3cc(O)c(OC)cc3CCC(OC(C)=O)CC(OC(=O)Cc3cccc(CO)c3)C2)ccc1O. The van der Waals surface area contributed by atoms with Crippen molar-refractivity contribution in [2.75, 3.05) is 14.2 Å². The van der Waals surface area contributed by atoms with Gasteiger partial charge in [0, 0.05) is 32.1 Å². The maximum atomic E-state index is 13.2. The van der Waals surface area contributed by atoms with Crippen LogP contribution in [0.4, 0.5) is 0 Å². The van der Waals surface area contributed by atoms with E-state index in [0.717, 1.165) is 16.7 Å². The molecule has 1 aliphatic rings. The van der Waals surface area contributed by atoms with E-state index >= 15 is 0 Å². The number of ether oxygens (including phenoxy) is 4. The molecule has 3 N–H and O–H groups in total. The number of phenolic OH excluding ortho intramolecular Hbond substituents is 2. The highest BCUT2D eigenvalue weighted by atomic mass is 16.6. The van der Waals surface area contributed by atoms with Crippen molar-refractivity contribution in [2.24, 2.45) is 0 Å². The Hall–Kier alpha value is -4.68. The molecule has 0 aliphatic heterocycles. The van der Waals surface area contributed by atoms with E-state index in [0.29, 0.717) is 42.6 Å². The number of aryl methyl sites for hydroxylation is 1. The van der Waals surface area contributed by atoms with Gasteiger partial charge in [0.15, 0.2) is 23.0 Å². The molecule has 3 aromatic rings. The van der Waals surface area contributed by atoms with E-state index in [9.17, 15) is 24.9 Å². The maximum absolute atomic E-state index is 13.2. The summed E-state index contributed by atoms with van der Waals surface area (Å²) in [4.78, 5) is 25.4. The molecule has 0 bridgehead atoms. The van der Waals surface area contributed by atoms with Crippen LogP contribution in [0.15, 0.2) is 54.6 Å². The summed E-state index contributed by atoms with van der Waals surface area (Å²) >= 11 is 0. The van der Waals surface area contributed by atoms with Crippen LogP contribution in [0, 0.1) is 11.8 Å². The number of hydrogen-bond acceptors (Lipinski definition) is 9. The topological polar surface area (TPSA) is 132 Å². The fraction of sp³-hybridized carbons (Fsp3) is 0.371. The van der Waals surface area contributed by atoms with Crippen LogP contribution >= 0.6 is 0 Å². The first-order valence-electron chi connectivity index (χ1n) is 14.5. The molecule has 44 heavy (non-hydrogen) atoms. The number of phenols is 2. The van der Waals surface area contributed by atoms with Gasteiger partial charge in [0.2, 0.25) is 0 Å². The lowest BCUT2D eigenvalue weighted by atomic mass is 9.88. The van der Waals surface area contributed by atoms with Crippen LogP contribution in [0.2, 0.25) is 0 Å². The average molecular weight is 603 g/mol. The fourth-order valence-electron chi connectivity index (χ4n) is 5.43. The van der Waals surface area contributed by atoms with Gasteiger partial charge in [-0.1, -0.05) is 42.2 Å². The number of hydrogen-bond donors (Lipinski definition) is 3.